The lowest BCUT2D eigenvalue weighted by Gasteiger charge is -2.47. The monoisotopic (exact) mass is 545 g/mol. The molecule has 1 aromatic rings. The SMILES string of the molecule is CCNC(=NCC1(N2CCCCC2)CCCCC1)NCC(c1cnn(C)c1)N(C)C.I. The molecule has 2 heterocycles. The summed E-state index contributed by atoms with van der Waals surface area (Å²) in [6.07, 6.45) is 14.8. The molecule has 0 amide bonds. The maximum absolute atomic E-state index is 5.13. The van der Waals surface area contributed by atoms with E-state index in [4.69, 9.17) is 4.99 Å². The summed E-state index contributed by atoms with van der Waals surface area (Å²) < 4.78 is 1.87. The van der Waals surface area contributed by atoms with Crippen LogP contribution in [0.15, 0.2) is 17.4 Å². The number of hydrogen-bond donors (Lipinski definition) is 2. The van der Waals surface area contributed by atoms with Gasteiger partial charge in [-0.2, -0.15) is 5.10 Å². The molecule has 2 N–H and O–H groups in total. The molecule has 7 nitrogen and oxygen atoms in total. The zero-order chi connectivity index (χ0) is 21.4. The van der Waals surface area contributed by atoms with Crippen LogP contribution in [0.4, 0.5) is 0 Å². The third-order valence-corrected chi connectivity index (χ3v) is 6.88. The van der Waals surface area contributed by atoms with Crippen molar-refractivity contribution in [1.29, 1.82) is 0 Å². The number of likely N-dealkylation sites (tertiary alicyclic amines) is 1. The molecule has 1 saturated heterocycles. The molecule has 0 aromatic carbocycles. The molecule has 0 bridgehead atoms. The zero-order valence-corrected chi connectivity index (χ0v) is 22.4. The lowest BCUT2D eigenvalue weighted by Crippen LogP contribution is -2.54. The van der Waals surface area contributed by atoms with Crippen LogP contribution < -0.4 is 10.6 Å². The molecule has 0 spiro atoms. The first-order chi connectivity index (χ1) is 14.5. The lowest BCUT2D eigenvalue weighted by atomic mass is 9.79. The smallest absolute Gasteiger partial charge is 0.191 e. The summed E-state index contributed by atoms with van der Waals surface area (Å²) in [5.41, 5.74) is 1.49. The van der Waals surface area contributed by atoms with Gasteiger partial charge in [-0.25, -0.2) is 0 Å². The zero-order valence-electron chi connectivity index (χ0n) is 20.1. The van der Waals surface area contributed by atoms with E-state index >= 15 is 0 Å². The van der Waals surface area contributed by atoms with Gasteiger partial charge in [-0.05, 0) is 59.8 Å². The van der Waals surface area contributed by atoms with Crippen molar-refractivity contribution in [2.24, 2.45) is 12.0 Å². The number of aliphatic imine (C=N–C) groups is 1. The molecule has 2 aliphatic rings. The Balaban J connectivity index is 0.00000341. The second-order valence-electron chi connectivity index (χ2n) is 9.34. The van der Waals surface area contributed by atoms with E-state index in [1.165, 1.54) is 70.0 Å². The van der Waals surface area contributed by atoms with Crippen LogP contribution in [0.5, 0.6) is 0 Å². The Morgan fingerprint density at radius 3 is 2.39 bits per heavy atom. The molecule has 178 valence electrons. The highest BCUT2D eigenvalue weighted by Crippen LogP contribution is 2.35. The number of hydrogen-bond acceptors (Lipinski definition) is 4. The van der Waals surface area contributed by atoms with Gasteiger partial charge in [0.15, 0.2) is 5.96 Å². The average Bonchev–Trinajstić information content (AvgIpc) is 3.19. The largest absolute Gasteiger partial charge is 0.357 e. The van der Waals surface area contributed by atoms with Crippen LogP contribution in [0.1, 0.15) is 69.9 Å². The Morgan fingerprint density at radius 2 is 1.81 bits per heavy atom. The van der Waals surface area contributed by atoms with Crippen molar-refractivity contribution in [2.75, 3.05) is 46.8 Å². The summed E-state index contributed by atoms with van der Waals surface area (Å²) in [7, 11) is 6.22. The minimum absolute atomic E-state index is 0. The third kappa shape index (κ3) is 7.32. The van der Waals surface area contributed by atoms with E-state index in [0.29, 0.717) is 0 Å². The van der Waals surface area contributed by atoms with Crippen molar-refractivity contribution >= 4 is 29.9 Å². The van der Waals surface area contributed by atoms with Gasteiger partial charge >= 0.3 is 0 Å². The van der Waals surface area contributed by atoms with Crippen molar-refractivity contribution in [3.8, 4) is 0 Å². The molecule has 2 fully saturated rings. The number of aryl methyl sites for hydroxylation is 1. The molecular weight excluding hydrogens is 501 g/mol. The standard InChI is InChI=1S/C23H43N7.HI/c1-5-24-22(25-17-21(28(2)3)20-16-27-29(4)18-20)26-19-23(12-8-6-9-13-23)30-14-10-7-11-15-30;/h16,18,21H,5-15,17,19H2,1-4H3,(H2,24,25,26);1H. The highest BCUT2D eigenvalue weighted by atomic mass is 127. The maximum atomic E-state index is 5.13. The Hall–Kier alpha value is -0.870. The van der Waals surface area contributed by atoms with Crippen LogP contribution in [0.3, 0.4) is 0 Å². The van der Waals surface area contributed by atoms with E-state index in [1.807, 2.05) is 17.9 Å². The number of guanidine groups is 1. The Morgan fingerprint density at radius 1 is 1.13 bits per heavy atom. The lowest BCUT2D eigenvalue weighted by molar-refractivity contribution is 0.0407. The summed E-state index contributed by atoms with van der Waals surface area (Å²) in [5.74, 6) is 0.940. The van der Waals surface area contributed by atoms with E-state index in [-0.39, 0.29) is 35.6 Å². The van der Waals surface area contributed by atoms with Gasteiger partial charge in [0, 0.05) is 37.4 Å². The summed E-state index contributed by atoms with van der Waals surface area (Å²) >= 11 is 0. The van der Waals surface area contributed by atoms with Gasteiger partial charge in [0.25, 0.3) is 0 Å². The fourth-order valence-electron chi connectivity index (χ4n) is 5.12. The number of nitrogens with one attached hydrogen (secondary N) is 2. The fraction of sp³-hybridized carbons (Fsp3) is 0.826. The molecule has 3 rings (SSSR count). The average molecular weight is 546 g/mol. The summed E-state index contributed by atoms with van der Waals surface area (Å²) in [6, 6.07) is 0.258. The second kappa shape index (κ2) is 13.0. The van der Waals surface area contributed by atoms with Crippen molar-refractivity contribution in [2.45, 2.75) is 69.9 Å². The topological polar surface area (TPSA) is 60.7 Å². The van der Waals surface area contributed by atoms with E-state index in [9.17, 15) is 0 Å². The Kier molecular flexibility index (Phi) is 11.1. The minimum Gasteiger partial charge on any atom is -0.357 e. The number of aromatic nitrogens is 2. The first-order valence-electron chi connectivity index (χ1n) is 12.0. The molecule has 1 unspecified atom stereocenters. The molecule has 31 heavy (non-hydrogen) atoms. The molecule has 1 aromatic heterocycles. The first-order valence-corrected chi connectivity index (χ1v) is 12.0. The van der Waals surface area contributed by atoms with Gasteiger partial charge in [0.2, 0.25) is 0 Å². The number of halogens is 1. The van der Waals surface area contributed by atoms with E-state index < -0.39 is 0 Å². The number of piperidine rings is 1. The molecule has 1 atom stereocenters. The Bertz CT molecular complexity index is 661. The normalized spacial score (nSPS) is 20.9. The van der Waals surface area contributed by atoms with Crippen LogP contribution in [-0.2, 0) is 7.05 Å². The summed E-state index contributed by atoms with van der Waals surface area (Å²) in [6.45, 7) is 7.24. The van der Waals surface area contributed by atoms with Crippen molar-refractivity contribution in [3.63, 3.8) is 0 Å². The van der Waals surface area contributed by atoms with Crippen LogP contribution in [0.25, 0.3) is 0 Å². The minimum atomic E-state index is 0. The van der Waals surface area contributed by atoms with Crippen LogP contribution in [0.2, 0.25) is 0 Å². The van der Waals surface area contributed by atoms with Crippen LogP contribution >= 0.6 is 24.0 Å². The van der Waals surface area contributed by atoms with Gasteiger partial charge in [-0.15, -0.1) is 24.0 Å². The van der Waals surface area contributed by atoms with E-state index in [0.717, 1.165) is 25.6 Å². The number of nitrogens with zero attached hydrogens (tertiary/aromatic N) is 5. The molecule has 1 aliphatic heterocycles. The highest BCUT2D eigenvalue weighted by Gasteiger charge is 2.38. The Labute approximate surface area is 206 Å². The third-order valence-electron chi connectivity index (χ3n) is 6.88. The molecule has 1 aliphatic carbocycles. The van der Waals surface area contributed by atoms with Gasteiger partial charge in [0.1, 0.15) is 0 Å². The van der Waals surface area contributed by atoms with Crippen molar-refractivity contribution < 1.29 is 0 Å². The van der Waals surface area contributed by atoms with E-state index in [1.54, 1.807) is 0 Å². The maximum Gasteiger partial charge on any atom is 0.191 e. The summed E-state index contributed by atoms with van der Waals surface area (Å²) in [5, 5.41) is 11.4. The van der Waals surface area contributed by atoms with Gasteiger partial charge in [0.05, 0.1) is 18.8 Å². The van der Waals surface area contributed by atoms with Gasteiger partial charge < -0.3 is 15.5 Å². The van der Waals surface area contributed by atoms with Crippen molar-refractivity contribution in [1.82, 2.24) is 30.2 Å². The van der Waals surface area contributed by atoms with Crippen LogP contribution in [-0.4, -0.2) is 77.9 Å². The highest BCUT2D eigenvalue weighted by molar-refractivity contribution is 14.0. The predicted octanol–water partition coefficient (Wildman–Crippen LogP) is 3.38. The number of likely N-dealkylation sites (N-methyl/N-ethyl adjacent to an activating group) is 1. The van der Waals surface area contributed by atoms with Gasteiger partial charge in [-0.1, -0.05) is 25.7 Å². The quantitative estimate of drug-likeness (QED) is 0.298. The number of rotatable bonds is 8. The molecular formula is C23H44IN7. The van der Waals surface area contributed by atoms with Crippen LogP contribution in [0, 0.1) is 0 Å². The molecule has 1 saturated carbocycles. The van der Waals surface area contributed by atoms with Crippen molar-refractivity contribution in [3.05, 3.63) is 18.0 Å². The fourth-order valence-corrected chi connectivity index (χ4v) is 5.12. The molecule has 8 heteroatoms. The van der Waals surface area contributed by atoms with E-state index in [2.05, 4.69) is 52.7 Å². The molecule has 0 radical (unpaired) electrons. The summed E-state index contributed by atoms with van der Waals surface area (Å²) in [4.78, 5) is 10.1. The van der Waals surface area contributed by atoms with Gasteiger partial charge in [-0.3, -0.25) is 14.6 Å². The first kappa shape index (κ1) is 26.4. The predicted molar refractivity (Wildman–Crippen MR) is 140 cm³/mol. The second-order valence-corrected chi connectivity index (χ2v) is 9.34.